The van der Waals surface area contributed by atoms with E-state index in [1.54, 1.807) is 0 Å². The number of hydrogen-bond donors (Lipinski definition) is 0. The van der Waals surface area contributed by atoms with Crippen molar-refractivity contribution in [1.82, 2.24) is 0 Å². The van der Waals surface area contributed by atoms with Crippen molar-refractivity contribution in [1.29, 1.82) is 0 Å². The summed E-state index contributed by atoms with van der Waals surface area (Å²) < 4.78 is 0. The third-order valence-electron chi connectivity index (χ3n) is 3.95. The summed E-state index contributed by atoms with van der Waals surface area (Å²) in [6.07, 6.45) is 4.95. The number of fused-ring (bicyclic) bond motifs is 1. The van der Waals surface area contributed by atoms with Gasteiger partial charge in [0.15, 0.2) is 0 Å². The fourth-order valence-electron chi connectivity index (χ4n) is 3.15. The zero-order valence-electron chi connectivity index (χ0n) is 8.97. The lowest BCUT2D eigenvalue weighted by Gasteiger charge is -2.26. The summed E-state index contributed by atoms with van der Waals surface area (Å²) in [6.45, 7) is 6.61. The molecule has 0 aromatic heterocycles. The van der Waals surface area contributed by atoms with Crippen LogP contribution < -0.4 is 0 Å². The highest BCUT2D eigenvalue weighted by atomic mass is 16.1. The van der Waals surface area contributed by atoms with Crippen LogP contribution in [-0.2, 0) is 4.79 Å². The average molecular weight is 180 g/mol. The fraction of sp³-hybridized carbons (Fsp3) is 0.917. The minimum absolute atomic E-state index is 0.196. The Hall–Kier alpha value is -0.330. The highest BCUT2D eigenvalue weighted by molar-refractivity contribution is 5.86. The van der Waals surface area contributed by atoms with E-state index in [1.165, 1.54) is 25.7 Å². The smallest absolute Gasteiger partial charge is 0.139 e. The lowest BCUT2D eigenvalue weighted by Crippen LogP contribution is -2.26. The van der Waals surface area contributed by atoms with Gasteiger partial charge in [0.1, 0.15) is 5.78 Å². The van der Waals surface area contributed by atoms with Crippen molar-refractivity contribution in [3.8, 4) is 0 Å². The predicted octanol–water partition coefficient (Wildman–Crippen LogP) is 3.04. The van der Waals surface area contributed by atoms with Gasteiger partial charge >= 0.3 is 0 Å². The first-order valence-corrected chi connectivity index (χ1v) is 5.54. The number of carbonyl (C=O) groups is 1. The van der Waals surface area contributed by atoms with Crippen LogP contribution in [0.2, 0.25) is 0 Å². The summed E-state index contributed by atoms with van der Waals surface area (Å²) in [7, 11) is 0. The molecule has 0 amide bonds. The zero-order valence-corrected chi connectivity index (χ0v) is 8.97. The van der Waals surface area contributed by atoms with Gasteiger partial charge in [-0.15, -0.1) is 0 Å². The van der Waals surface area contributed by atoms with Crippen molar-refractivity contribution >= 4 is 5.78 Å². The second kappa shape index (κ2) is 2.83. The van der Waals surface area contributed by atoms with Crippen LogP contribution in [0.5, 0.6) is 0 Å². The molecule has 1 nitrogen and oxygen atoms in total. The molecule has 2 aliphatic carbocycles. The first kappa shape index (κ1) is 9.23. The molecule has 2 fully saturated rings. The van der Waals surface area contributed by atoms with Gasteiger partial charge in [-0.05, 0) is 30.6 Å². The maximum atomic E-state index is 12.0. The molecule has 0 spiro atoms. The van der Waals surface area contributed by atoms with E-state index in [4.69, 9.17) is 0 Å². The first-order valence-electron chi connectivity index (χ1n) is 5.54. The standard InChI is InChI=1S/C12H20O/c1-12(2,3)10-7-8-5-4-6-9(8)11(10)13/h8-10H,4-7H2,1-3H3. The number of rotatable bonds is 0. The van der Waals surface area contributed by atoms with E-state index in [0.29, 0.717) is 17.6 Å². The summed E-state index contributed by atoms with van der Waals surface area (Å²) in [6, 6.07) is 0. The van der Waals surface area contributed by atoms with E-state index in [0.717, 1.165) is 5.92 Å². The van der Waals surface area contributed by atoms with Crippen LogP contribution in [0, 0.1) is 23.2 Å². The summed E-state index contributed by atoms with van der Waals surface area (Å²) in [5.74, 6) is 2.12. The van der Waals surface area contributed by atoms with Gasteiger partial charge in [0.25, 0.3) is 0 Å². The molecule has 0 aromatic rings. The van der Waals surface area contributed by atoms with Crippen LogP contribution in [0.3, 0.4) is 0 Å². The summed E-state index contributed by atoms with van der Waals surface area (Å²) in [5.41, 5.74) is 0.196. The van der Waals surface area contributed by atoms with Crippen molar-refractivity contribution in [3.63, 3.8) is 0 Å². The minimum Gasteiger partial charge on any atom is -0.299 e. The molecule has 2 rings (SSSR count). The molecule has 0 bridgehead atoms. The molecule has 3 atom stereocenters. The summed E-state index contributed by atoms with van der Waals surface area (Å²) >= 11 is 0. The van der Waals surface area contributed by atoms with Gasteiger partial charge < -0.3 is 0 Å². The van der Waals surface area contributed by atoms with Gasteiger partial charge in [-0.1, -0.05) is 27.2 Å². The molecule has 0 heterocycles. The van der Waals surface area contributed by atoms with E-state index < -0.39 is 0 Å². The number of ketones is 1. The Labute approximate surface area is 80.9 Å². The lowest BCUT2D eigenvalue weighted by atomic mass is 9.78. The van der Waals surface area contributed by atoms with Crippen molar-refractivity contribution in [3.05, 3.63) is 0 Å². The normalized spacial score (nSPS) is 39.6. The van der Waals surface area contributed by atoms with Crippen molar-refractivity contribution in [2.75, 3.05) is 0 Å². The Morgan fingerprint density at radius 1 is 1.23 bits per heavy atom. The van der Waals surface area contributed by atoms with E-state index in [2.05, 4.69) is 20.8 Å². The quantitative estimate of drug-likeness (QED) is 0.560. The van der Waals surface area contributed by atoms with Crippen LogP contribution in [0.4, 0.5) is 0 Å². The Bertz CT molecular complexity index is 224. The van der Waals surface area contributed by atoms with Gasteiger partial charge in [-0.2, -0.15) is 0 Å². The van der Waals surface area contributed by atoms with Crippen LogP contribution in [0.25, 0.3) is 0 Å². The Morgan fingerprint density at radius 2 is 1.92 bits per heavy atom. The van der Waals surface area contributed by atoms with E-state index in [-0.39, 0.29) is 5.41 Å². The van der Waals surface area contributed by atoms with Crippen LogP contribution in [-0.4, -0.2) is 5.78 Å². The summed E-state index contributed by atoms with van der Waals surface area (Å²) in [4.78, 5) is 12.0. The van der Waals surface area contributed by atoms with Crippen molar-refractivity contribution in [2.24, 2.45) is 23.2 Å². The third-order valence-corrected chi connectivity index (χ3v) is 3.95. The second-order valence-corrected chi connectivity index (χ2v) is 5.85. The van der Waals surface area contributed by atoms with Gasteiger partial charge in [0, 0.05) is 11.8 Å². The van der Waals surface area contributed by atoms with Gasteiger partial charge in [-0.3, -0.25) is 4.79 Å². The number of carbonyl (C=O) groups excluding carboxylic acids is 1. The molecule has 2 aliphatic rings. The first-order chi connectivity index (χ1) is 6.00. The topological polar surface area (TPSA) is 17.1 Å². The second-order valence-electron chi connectivity index (χ2n) is 5.85. The molecular weight excluding hydrogens is 160 g/mol. The Kier molecular flexibility index (Phi) is 2.01. The molecule has 74 valence electrons. The molecule has 3 unspecified atom stereocenters. The number of hydrogen-bond acceptors (Lipinski definition) is 1. The predicted molar refractivity (Wildman–Crippen MR) is 53.4 cm³/mol. The molecule has 1 heteroatoms. The average Bonchev–Trinajstić information content (AvgIpc) is 2.51. The fourth-order valence-corrected chi connectivity index (χ4v) is 3.15. The Morgan fingerprint density at radius 3 is 2.46 bits per heavy atom. The monoisotopic (exact) mass is 180 g/mol. The molecule has 0 N–H and O–H groups in total. The molecule has 0 saturated heterocycles. The molecule has 0 aliphatic heterocycles. The molecule has 13 heavy (non-hydrogen) atoms. The van der Waals surface area contributed by atoms with E-state index in [1.807, 2.05) is 0 Å². The molecule has 0 radical (unpaired) electrons. The van der Waals surface area contributed by atoms with Crippen LogP contribution in [0.1, 0.15) is 46.5 Å². The van der Waals surface area contributed by atoms with Gasteiger partial charge in [-0.25, -0.2) is 0 Å². The SMILES string of the molecule is CC(C)(C)C1CC2CCCC2C1=O. The van der Waals surface area contributed by atoms with Crippen LogP contribution >= 0.6 is 0 Å². The largest absolute Gasteiger partial charge is 0.299 e. The Balaban J connectivity index is 2.15. The van der Waals surface area contributed by atoms with E-state index in [9.17, 15) is 4.79 Å². The van der Waals surface area contributed by atoms with E-state index >= 15 is 0 Å². The zero-order chi connectivity index (χ0) is 9.64. The lowest BCUT2D eigenvalue weighted by molar-refractivity contribution is -0.126. The third kappa shape index (κ3) is 1.43. The molecular formula is C12H20O. The highest BCUT2D eigenvalue weighted by Gasteiger charge is 2.48. The number of Topliss-reactive ketones (excluding diaryl/α,β-unsaturated/α-hetero) is 1. The van der Waals surface area contributed by atoms with Crippen LogP contribution in [0.15, 0.2) is 0 Å². The van der Waals surface area contributed by atoms with Gasteiger partial charge in [0.2, 0.25) is 0 Å². The van der Waals surface area contributed by atoms with Crippen molar-refractivity contribution in [2.45, 2.75) is 46.5 Å². The maximum absolute atomic E-state index is 12.0. The van der Waals surface area contributed by atoms with Crippen molar-refractivity contribution < 1.29 is 4.79 Å². The molecule has 2 saturated carbocycles. The maximum Gasteiger partial charge on any atom is 0.139 e. The highest BCUT2D eigenvalue weighted by Crippen LogP contribution is 2.49. The molecule has 0 aromatic carbocycles. The van der Waals surface area contributed by atoms with Gasteiger partial charge in [0.05, 0.1) is 0 Å². The summed E-state index contributed by atoms with van der Waals surface area (Å²) in [5, 5.41) is 0. The minimum atomic E-state index is 0.196.